The molecule has 124 valence electrons. The SMILES string of the molecule is COc1ccc(C2CCCCCN2C(=O)C(C)CN)cc1.Cl. The third-order valence-corrected chi connectivity index (χ3v) is 4.31. The maximum atomic E-state index is 12.6. The average Bonchev–Trinajstić information content (AvgIpc) is 2.79. The molecule has 0 radical (unpaired) electrons. The summed E-state index contributed by atoms with van der Waals surface area (Å²) in [5.41, 5.74) is 6.87. The van der Waals surface area contributed by atoms with Gasteiger partial charge < -0.3 is 15.4 Å². The Morgan fingerprint density at radius 2 is 2.00 bits per heavy atom. The van der Waals surface area contributed by atoms with Gasteiger partial charge in [0.1, 0.15) is 5.75 Å². The zero-order chi connectivity index (χ0) is 15.2. The summed E-state index contributed by atoms with van der Waals surface area (Å²) in [7, 11) is 1.67. The molecule has 0 aromatic heterocycles. The Balaban J connectivity index is 0.00000242. The van der Waals surface area contributed by atoms with Crippen molar-refractivity contribution in [3.05, 3.63) is 29.8 Å². The predicted molar refractivity (Wildman–Crippen MR) is 91.4 cm³/mol. The second-order valence-electron chi connectivity index (χ2n) is 5.81. The van der Waals surface area contributed by atoms with Crippen LogP contribution in [0, 0.1) is 5.92 Å². The molecule has 1 fully saturated rings. The van der Waals surface area contributed by atoms with Crippen molar-refractivity contribution in [1.29, 1.82) is 0 Å². The number of nitrogens with two attached hydrogens (primary N) is 1. The molecule has 1 aromatic carbocycles. The Bertz CT molecular complexity index is 464. The Labute approximate surface area is 139 Å². The van der Waals surface area contributed by atoms with E-state index in [1.54, 1.807) is 7.11 Å². The zero-order valence-corrected chi connectivity index (χ0v) is 14.3. The molecular formula is C17H27ClN2O2. The van der Waals surface area contributed by atoms with Crippen LogP contribution in [0.4, 0.5) is 0 Å². The molecule has 1 amide bonds. The number of ether oxygens (including phenoxy) is 1. The highest BCUT2D eigenvalue weighted by molar-refractivity contribution is 5.85. The Kier molecular flexibility index (Phi) is 7.69. The first-order chi connectivity index (χ1) is 10.2. The molecule has 1 aromatic rings. The maximum absolute atomic E-state index is 12.6. The fraction of sp³-hybridized carbons (Fsp3) is 0.588. The highest BCUT2D eigenvalue weighted by Gasteiger charge is 2.29. The van der Waals surface area contributed by atoms with E-state index < -0.39 is 0 Å². The quantitative estimate of drug-likeness (QED) is 0.924. The number of hydrogen-bond donors (Lipinski definition) is 1. The minimum atomic E-state index is -0.108. The van der Waals surface area contributed by atoms with Crippen molar-refractivity contribution in [2.75, 3.05) is 20.2 Å². The molecule has 0 saturated carbocycles. The van der Waals surface area contributed by atoms with E-state index in [-0.39, 0.29) is 30.3 Å². The van der Waals surface area contributed by atoms with Crippen molar-refractivity contribution in [2.45, 2.75) is 38.6 Å². The number of hydrogen-bond acceptors (Lipinski definition) is 3. The molecule has 1 saturated heterocycles. The summed E-state index contributed by atoms with van der Waals surface area (Å²) in [5.74, 6) is 0.921. The van der Waals surface area contributed by atoms with Gasteiger partial charge in [-0.15, -0.1) is 12.4 Å². The number of nitrogens with zero attached hydrogens (tertiary/aromatic N) is 1. The standard InChI is InChI=1S/C17H26N2O2.ClH/c1-13(12-18)17(20)19-11-5-3-4-6-16(19)14-7-9-15(21-2)10-8-14;/h7-10,13,16H,3-6,11-12,18H2,1-2H3;1H. The molecule has 2 atom stereocenters. The first-order valence-corrected chi connectivity index (χ1v) is 7.82. The molecule has 1 aliphatic rings. The number of halogens is 1. The lowest BCUT2D eigenvalue weighted by molar-refractivity contribution is -0.137. The Morgan fingerprint density at radius 3 is 2.59 bits per heavy atom. The van der Waals surface area contributed by atoms with Gasteiger partial charge in [-0.05, 0) is 30.5 Å². The summed E-state index contributed by atoms with van der Waals surface area (Å²) in [6, 6.07) is 8.24. The molecule has 5 heteroatoms. The van der Waals surface area contributed by atoms with Crippen LogP contribution in [0.25, 0.3) is 0 Å². The average molecular weight is 327 g/mol. The van der Waals surface area contributed by atoms with Gasteiger partial charge in [0.2, 0.25) is 5.91 Å². The molecule has 0 bridgehead atoms. The first-order valence-electron chi connectivity index (χ1n) is 7.82. The third kappa shape index (κ3) is 4.37. The largest absolute Gasteiger partial charge is 0.497 e. The highest BCUT2D eigenvalue weighted by Crippen LogP contribution is 2.32. The minimum Gasteiger partial charge on any atom is -0.497 e. The maximum Gasteiger partial charge on any atom is 0.227 e. The number of rotatable bonds is 4. The summed E-state index contributed by atoms with van der Waals surface area (Å²) >= 11 is 0. The van der Waals surface area contributed by atoms with E-state index >= 15 is 0 Å². The molecule has 2 unspecified atom stereocenters. The van der Waals surface area contributed by atoms with Crippen LogP contribution in [-0.4, -0.2) is 31.0 Å². The summed E-state index contributed by atoms with van der Waals surface area (Å²) in [6.45, 7) is 3.16. The molecule has 0 spiro atoms. The van der Waals surface area contributed by atoms with Gasteiger partial charge in [-0.1, -0.05) is 31.9 Å². The number of benzene rings is 1. The van der Waals surface area contributed by atoms with E-state index in [1.807, 2.05) is 24.0 Å². The van der Waals surface area contributed by atoms with E-state index in [1.165, 1.54) is 12.0 Å². The minimum absolute atomic E-state index is 0. The summed E-state index contributed by atoms with van der Waals surface area (Å²) in [4.78, 5) is 14.6. The molecular weight excluding hydrogens is 300 g/mol. The Hall–Kier alpha value is -1.26. The van der Waals surface area contributed by atoms with Crippen LogP contribution < -0.4 is 10.5 Å². The van der Waals surface area contributed by atoms with Gasteiger partial charge in [0, 0.05) is 19.0 Å². The van der Waals surface area contributed by atoms with Gasteiger partial charge in [0.05, 0.1) is 13.2 Å². The lowest BCUT2D eigenvalue weighted by Gasteiger charge is -2.32. The normalized spacial score (nSPS) is 19.8. The number of methoxy groups -OCH3 is 1. The molecule has 1 aliphatic heterocycles. The fourth-order valence-electron chi connectivity index (χ4n) is 2.93. The van der Waals surface area contributed by atoms with Crippen molar-refractivity contribution < 1.29 is 9.53 Å². The van der Waals surface area contributed by atoms with E-state index in [2.05, 4.69) is 12.1 Å². The lowest BCUT2D eigenvalue weighted by atomic mass is 9.99. The summed E-state index contributed by atoms with van der Waals surface area (Å²) < 4.78 is 5.21. The molecule has 22 heavy (non-hydrogen) atoms. The van der Waals surface area contributed by atoms with Crippen molar-refractivity contribution in [1.82, 2.24) is 4.90 Å². The third-order valence-electron chi connectivity index (χ3n) is 4.31. The lowest BCUT2D eigenvalue weighted by Crippen LogP contribution is -2.40. The number of amides is 1. The van der Waals surface area contributed by atoms with Gasteiger partial charge >= 0.3 is 0 Å². The van der Waals surface area contributed by atoms with Crippen molar-refractivity contribution in [2.24, 2.45) is 11.7 Å². The van der Waals surface area contributed by atoms with Gasteiger partial charge in [-0.2, -0.15) is 0 Å². The fourth-order valence-corrected chi connectivity index (χ4v) is 2.93. The van der Waals surface area contributed by atoms with Gasteiger partial charge in [-0.25, -0.2) is 0 Å². The highest BCUT2D eigenvalue weighted by atomic mass is 35.5. The number of carbonyl (C=O) groups is 1. The summed E-state index contributed by atoms with van der Waals surface area (Å²) in [5, 5.41) is 0. The van der Waals surface area contributed by atoms with Crippen LogP contribution in [0.3, 0.4) is 0 Å². The number of carbonyl (C=O) groups excluding carboxylic acids is 1. The molecule has 2 N–H and O–H groups in total. The van der Waals surface area contributed by atoms with Crippen LogP contribution in [0.1, 0.15) is 44.2 Å². The zero-order valence-electron chi connectivity index (χ0n) is 13.5. The van der Waals surface area contributed by atoms with E-state index in [0.29, 0.717) is 6.54 Å². The van der Waals surface area contributed by atoms with Crippen molar-refractivity contribution in [3.8, 4) is 5.75 Å². The van der Waals surface area contributed by atoms with Gasteiger partial charge in [0.25, 0.3) is 0 Å². The second kappa shape index (κ2) is 9.01. The number of likely N-dealkylation sites (tertiary alicyclic amines) is 1. The Morgan fingerprint density at radius 1 is 1.32 bits per heavy atom. The van der Waals surface area contributed by atoms with E-state index in [9.17, 15) is 4.79 Å². The molecule has 2 rings (SSSR count). The molecule has 4 nitrogen and oxygen atoms in total. The smallest absolute Gasteiger partial charge is 0.227 e. The molecule has 1 heterocycles. The van der Waals surface area contributed by atoms with Crippen molar-refractivity contribution >= 4 is 18.3 Å². The van der Waals surface area contributed by atoms with E-state index in [0.717, 1.165) is 31.6 Å². The van der Waals surface area contributed by atoms with Crippen LogP contribution in [0.2, 0.25) is 0 Å². The predicted octanol–water partition coefficient (Wildman–Crippen LogP) is 3.16. The summed E-state index contributed by atoms with van der Waals surface area (Å²) in [6.07, 6.45) is 4.45. The van der Waals surface area contributed by atoms with Gasteiger partial charge in [0.15, 0.2) is 0 Å². The van der Waals surface area contributed by atoms with Crippen molar-refractivity contribution in [3.63, 3.8) is 0 Å². The van der Waals surface area contributed by atoms with Gasteiger partial charge in [-0.3, -0.25) is 4.79 Å². The first kappa shape index (κ1) is 18.8. The second-order valence-corrected chi connectivity index (χ2v) is 5.81. The van der Waals surface area contributed by atoms with Crippen LogP contribution in [0.15, 0.2) is 24.3 Å². The van der Waals surface area contributed by atoms with Crippen LogP contribution >= 0.6 is 12.4 Å². The monoisotopic (exact) mass is 326 g/mol. The van der Waals surface area contributed by atoms with E-state index in [4.69, 9.17) is 10.5 Å². The van der Waals surface area contributed by atoms with Crippen LogP contribution in [-0.2, 0) is 4.79 Å². The molecule has 0 aliphatic carbocycles. The van der Waals surface area contributed by atoms with Crippen LogP contribution in [0.5, 0.6) is 5.75 Å². The topological polar surface area (TPSA) is 55.6 Å².